The summed E-state index contributed by atoms with van der Waals surface area (Å²) in [5, 5.41) is 0. The maximum absolute atomic E-state index is 12.2. The Morgan fingerprint density at radius 2 is 1.70 bits per heavy atom. The number of nitrogen functional groups attached to an aromatic ring is 1. The molecule has 0 aliphatic carbocycles. The standard InChI is InChI=1S/C16H18N2O4S/c17-13-2-4-14(5-3-13)23(19,20)18-8-7-12-1-6-15-16(11-12)22-10-9-21-15/h1-6,11,18H,7-10,17H2. The van der Waals surface area contributed by atoms with Gasteiger partial charge in [-0.3, -0.25) is 0 Å². The molecule has 23 heavy (non-hydrogen) atoms. The summed E-state index contributed by atoms with van der Waals surface area (Å²) >= 11 is 0. The molecule has 3 rings (SSSR count). The molecule has 1 heterocycles. The molecule has 0 bridgehead atoms. The zero-order valence-electron chi connectivity index (χ0n) is 12.5. The molecule has 0 atom stereocenters. The second-order valence-electron chi connectivity index (χ2n) is 5.19. The van der Waals surface area contributed by atoms with Gasteiger partial charge in [0.25, 0.3) is 0 Å². The Morgan fingerprint density at radius 3 is 2.43 bits per heavy atom. The summed E-state index contributed by atoms with van der Waals surface area (Å²) in [6.45, 7) is 1.38. The molecule has 0 radical (unpaired) electrons. The van der Waals surface area contributed by atoms with E-state index in [1.165, 1.54) is 12.1 Å². The second-order valence-corrected chi connectivity index (χ2v) is 6.96. The Hall–Kier alpha value is -2.25. The SMILES string of the molecule is Nc1ccc(S(=O)(=O)NCCc2ccc3c(c2)OCCO3)cc1. The lowest BCUT2D eigenvalue weighted by atomic mass is 10.1. The first-order valence-electron chi connectivity index (χ1n) is 7.28. The van der Waals surface area contributed by atoms with Gasteiger partial charge in [-0.1, -0.05) is 6.07 Å². The molecule has 1 aliphatic heterocycles. The van der Waals surface area contributed by atoms with Crippen molar-refractivity contribution < 1.29 is 17.9 Å². The highest BCUT2D eigenvalue weighted by atomic mass is 32.2. The zero-order valence-corrected chi connectivity index (χ0v) is 13.3. The van der Waals surface area contributed by atoms with Gasteiger partial charge in [-0.25, -0.2) is 13.1 Å². The third-order valence-electron chi connectivity index (χ3n) is 3.50. The van der Waals surface area contributed by atoms with Crippen molar-refractivity contribution >= 4 is 15.7 Å². The maximum Gasteiger partial charge on any atom is 0.240 e. The number of fused-ring (bicyclic) bond motifs is 1. The van der Waals surface area contributed by atoms with Crippen LogP contribution in [0.15, 0.2) is 47.4 Å². The number of hydrogen-bond acceptors (Lipinski definition) is 5. The van der Waals surface area contributed by atoms with Crippen LogP contribution in [0.1, 0.15) is 5.56 Å². The van der Waals surface area contributed by atoms with Crippen molar-refractivity contribution in [3.8, 4) is 11.5 Å². The van der Waals surface area contributed by atoms with Gasteiger partial charge in [0.15, 0.2) is 11.5 Å². The van der Waals surface area contributed by atoms with Crippen LogP contribution < -0.4 is 19.9 Å². The molecule has 0 saturated carbocycles. The fraction of sp³-hybridized carbons (Fsp3) is 0.250. The molecule has 0 spiro atoms. The molecule has 0 unspecified atom stereocenters. The third kappa shape index (κ3) is 3.75. The van der Waals surface area contributed by atoms with Crippen LogP contribution in [0.2, 0.25) is 0 Å². The molecular formula is C16H18N2O4S. The van der Waals surface area contributed by atoms with E-state index in [4.69, 9.17) is 15.2 Å². The van der Waals surface area contributed by atoms with Gasteiger partial charge in [0.2, 0.25) is 10.0 Å². The molecular weight excluding hydrogens is 316 g/mol. The fourth-order valence-electron chi connectivity index (χ4n) is 2.30. The summed E-state index contributed by atoms with van der Waals surface area (Å²) in [6.07, 6.45) is 0.560. The minimum absolute atomic E-state index is 0.203. The van der Waals surface area contributed by atoms with Gasteiger partial charge in [0.1, 0.15) is 13.2 Å². The number of anilines is 1. The molecule has 3 N–H and O–H groups in total. The first-order valence-corrected chi connectivity index (χ1v) is 8.77. The molecule has 122 valence electrons. The molecule has 0 amide bonds. The molecule has 0 aromatic heterocycles. The van der Waals surface area contributed by atoms with Crippen molar-refractivity contribution in [2.24, 2.45) is 0 Å². The molecule has 7 heteroatoms. The van der Waals surface area contributed by atoms with Crippen molar-refractivity contribution in [1.29, 1.82) is 0 Å². The Labute approximate surface area is 135 Å². The van der Waals surface area contributed by atoms with E-state index in [0.29, 0.717) is 37.6 Å². The normalized spacial score (nSPS) is 13.7. The topological polar surface area (TPSA) is 90.7 Å². The van der Waals surface area contributed by atoms with E-state index < -0.39 is 10.0 Å². The van der Waals surface area contributed by atoms with E-state index in [1.807, 2.05) is 18.2 Å². The van der Waals surface area contributed by atoms with Crippen LogP contribution in [0.5, 0.6) is 11.5 Å². The van der Waals surface area contributed by atoms with Crippen LogP contribution in [-0.4, -0.2) is 28.2 Å². The summed E-state index contributed by atoms with van der Waals surface area (Å²) in [7, 11) is -3.53. The van der Waals surface area contributed by atoms with E-state index in [1.54, 1.807) is 12.1 Å². The molecule has 2 aromatic carbocycles. The summed E-state index contributed by atoms with van der Waals surface area (Å²) in [4.78, 5) is 0.203. The van der Waals surface area contributed by atoms with Gasteiger partial charge in [-0.15, -0.1) is 0 Å². The number of nitrogens with two attached hydrogens (primary N) is 1. The number of nitrogens with one attached hydrogen (secondary N) is 1. The van der Waals surface area contributed by atoms with E-state index in [-0.39, 0.29) is 4.90 Å². The molecule has 2 aromatic rings. The largest absolute Gasteiger partial charge is 0.486 e. The third-order valence-corrected chi connectivity index (χ3v) is 4.98. The number of sulfonamides is 1. The minimum Gasteiger partial charge on any atom is -0.486 e. The van der Waals surface area contributed by atoms with Crippen LogP contribution in [0, 0.1) is 0 Å². The first kappa shape index (κ1) is 15.6. The zero-order chi connectivity index (χ0) is 16.3. The summed E-state index contributed by atoms with van der Waals surface area (Å²) < 4.78 is 37.9. The van der Waals surface area contributed by atoms with Crippen molar-refractivity contribution in [3.05, 3.63) is 48.0 Å². The highest BCUT2D eigenvalue weighted by Crippen LogP contribution is 2.30. The lowest BCUT2D eigenvalue weighted by Gasteiger charge is -2.18. The summed E-state index contributed by atoms with van der Waals surface area (Å²) in [5.41, 5.74) is 7.07. The monoisotopic (exact) mass is 334 g/mol. The lowest BCUT2D eigenvalue weighted by Crippen LogP contribution is -2.26. The Morgan fingerprint density at radius 1 is 1.00 bits per heavy atom. The van der Waals surface area contributed by atoms with Crippen molar-refractivity contribution in [2.45, 2.75) is 11.3 Å². The van der Waals surface area contributed by atoms with Crippen LogP contribution >= 0.6 is 0 Å². The van der Waals surface area contributed by atoms with Crippen molar-refractivity contribution in [2.75, 3.05) is 25.5 Å². The minimum atomic E-state index is -3.53. The number of hydrogen-bond donors (Lipinski definition) is 2. The van der Waals surface area contributed by atoms with Gasteiger partial charge in [0, 0.05) is 12.2 Å². The Balaban J connectivity index is 1.61. The lowest BCUT2D eigenvalue weighted by molar-refractivity contribution is 0.171. The van der Waals surface area contributed by atoms with Crippen molar-refractivity contribution in [1.82, 2.24) is 4.72 Å². The number of rotatable bonds is 5. The van der Waals surface area contributed by atoms with Crippen LogP contribution in [-0.2, 0) is 16.4 Å². The van der Waals surface area contributed by atoms with Gasteiger partial charge >= 0.3 is 0 Å². The first-order chi connectivity index (χ1) is 11.0. The highest BCUT2D eigenvalue weighted by Gasteiger charge is 2.14. The average Bonchev–Trinajstić information content (AvgIpc) is 2.55. The molecule has 1 aliphatic rings. The number of benzene rings is 2. The predicted octanol–water partition coefficient (Wildman–Crippen LogP) is 1.56. The average molecular weight is 334 g/mol. The summed E-state index contributed by atoms with van der Waals surface area (Å²) in [5.74, 6) is 1.43. The van der Waals surface area contributed by atoms with Crippen LogP contribution in [0.4, 0.5) is 5.69 Å². The van der Waals surface area contributed by atoms with E-state index >= 15 is 0 Å². The van der Waals surface area contributed by atoms with Crippen molar-refractivity contribution in [3.63, 3.8) is 0 Å². The quantitative estimate of drug-likeness (QED) is 0.810. The van der Waals surface area contributed by atoms with E-state index in [9.17, 15) is 8.42 Å². The summed E-state index contributed by atoms with van der Waals surface area (Å²) in [6, 6.07) is 11.7. The Bertz CT molecular complexity index is 788. The van der Waals surface area contributed by atoms with Gasteiger partial charge in [-0.2, -0.15) is 0 Å². The second kappa shape index (κ2) is 6.47. The molecule has 0 fully saturated rings. The van der Waals surface area contributed by atoms with E-state index in [2.05, 4.69) is 4.72 Å². The Kier molecular flexibility index (Phi) is 4.40. The smallest absolute Gasteiger partial charge is 0.240 e. The predicted molar refractivity (Wildman–Crippen MR) is 87.2 cm³/mol. The highest BCUT2D eigenvalue weighted by molar-refractivity contribution is 7.89. The number of ether oxygens (including phenoxy) is 2. The van der Waals surface area contributed by atoms with Gasteiger partial charge < -0.3 is 15.2 Å². The fourth-order valence-corrected chi connectivity index (χ4v) is 3.34. The maximum atomic E-state index is 12.2. The van der Waals surface area contributed by atoms with Crippen LogP contribution in [0.25, 0.3) is 0 Å². The molecule has 0 saturated heterocycles. The molecule has 6 nitrogen and oxygen atoms in total. The van der Waals surface area contributed by atoms with E-state index in [0.717, 1.165) is 11.3 Å². The van der Waals surface area contributed by atoms with Gasteiger partial charge in [-0.05, 0) is 48.4 Å². The van der Waals surface area contributed by atoms with Gasteiger partial charge in [0.05, 0.1) is 4.90 Å². The van der Waals surface area contributed by atoms with Crippen LogP contribution in [0.3, 0.4) is 0 Å².